The van der Waals surface area contributed by atoms with Crippen LogP contribution in [0.1, 0.15) is 54.7 Å². The Morgan fingerprint density at radius 3 is 2.49 bits per heavy atom. The molecule has 0 bridgehead atoms. The van der Waals surface area contributed by atoms with E-state index in [1.807, 2.05) is 45.0 Å². The van der Waals surface area contributed by atoms with Crippen LogP contribution in [0.25, 0.3) is 22.5 Å². The average Bonchev–Trinajstić information content (AvgIpc) is 3.30. The fourth-order valence-corrected chi connectivity index (χ4v) is 4.33. The molecule has 1 fully saturated rings. The average molecular weight is 480 g/mol. The van der Waals surface area contributed by atoms with Crippen molar-refractivity contribution in [3.05, 3.63) is 53.2 Å². The van der Waals surface area contributed by atoms with Gasteiger partial charge in [-0.15, -0.1) is 0 Å². The second-order valence-corrected chi connectivity index (χ2v) is 8.92. The summed E-state index contributed by atoms with van der Waals surface area (Å²) in [6, 6.07) is 11.0. The van der Waals surface area contributed by atoms with Crippen LogP contribution in [-0.2, 0) is 11.3 Å². The van der Waals surface area contributed by atoms with Crippen molar-refractivity contribution in [2.24, 2.45) is 0 Å². The number of phenolic OH excluding ortho intramolecular Hbond substituents is 2. The van der Waals surface area contributed by atoms with Gasteiger partial charge in [0.15, 0.2) is 11.5 Å². The lowest BCUT2D eigenvalue weighted by atomic mass is 9.92. The van der Waals surface area contributed by atoms with Gasteiger partial charge in [0, 0.05) is 32.2 Å². The van der Waals surface area contributed by atoms with Crippen molar-refractivity contribution >= 4 is 5.91 Å². The SMILES string of the molecule is CCNC(=O)c1noc(-c2cc(C(C)CC)c(O)cc2O)c1-c1ccc(CN2CCOCC2)cc1. The molecule has 3 N–H and O–H groups in total. The second-order valence-electron chi connectivity index (χ2n) is 8.92. The molecule has 0 radical (unpaired) electrons. The predicted molar refractivity (Wildman–Crippen MR) is 134 cm³/mol. The Labute approximate surface area is 205 Å². The number of ether oxygens (including phenoxy) is 1. The lowest BCUT2D eigenvalue weighted by Crippen LogP contribution is -2.35. The number of amides is 1. The molecule has 4 rings (SSSR count). The number of hydrogen-bond donors (Lipinski definition) is 3. The zero-order valence-corrected chi connectivity index (χ0v) is 20.5. The summed E-state index contributed by atoms with van der Waals surface area (Å²) in [5.41, 5.74) is 3.65. The van der Waals surface area contributed by atoms with Crippen LogP contribution in [0.4, 0.5) is 0 Å². The van der Waals surface area contributed by atoms with E-state index < -0.39 is 0 Å². The van der Waals surface area contributed by atoms with Gasteiger partial charge in [0.1, 0.15) is 11.5 Å². The molecular formula is C27H33N3O5. The Bertz CT molecular complexity index is 1170. The smallest absolute Gasteiger partial charge is 0.274 e. The standard InChI is InChI=1S/C27H33N3O5/c1-4-17(3)20-14-21(23(32)15-22(20)31)26-24(25(29-35-26)27(33)28-5-2)19-8-6-18(7-9-19)16-30-10-12-34-13-11-30/h6-9,14-15,17,31-32H,4-5,10-13,16H2,1-3H3,(H,28,33). The van der Waals surface area contributed by atoms with Crippen molar-refractivity contribution in [2.75, 3.05) is 32.8 Å². The number of benzene rings is 2. The van der Waals surface area contributed by atoms with Crippen LogP contribution in [0, 0.1) is 0 Å². The summed E-state index contributed by atoms with van der Waals surface area (Å²) in [7, 11) is 0. The number of carbonyl (C=O) groups is 1. The van der Waals surface area contributed by atoms with Crippen LogP contribution < -0.4 is 5.32 Å². The first-order valence-corrected chi connectivity index (χ1v) is 12.2. The van der Waals surface area contributed by atoms with Crippen molar-refractivity contribution < 1.29 is 24.3 Å². The Kier molecular flexibility index (Phi) is 7.73. The van der Waals surface area contributed by atoms with Crippen LogP contribution >= 0.6 is 0 Å². The molecule has 186 valence electrons. The van der Waals surface area contributed by atoms with E-state index in [1.54, 1.807) is 6.07 Å². The lowest BCUT2D eigenvalue weighted by molar-refractivity contribution is 0.0342. The molecule has 1 aliphatic heterocycles. The number of morpholine rings is 1. The van der Waals surface area contributed by atoms with Gasteiger partial charge in [-0.1, -0.05) is 43.3 Å². The molecule has 1 saturated heterocycles. The van der Waals surface area contributed by atoms with Gasteiger partial charge in [-0.3, -0.25) is 9.69 Å². The summed E-state index contributed by atoms with van der Waals surface area (Å²) in [5, 5.41) is 28.0. The summed E-state index contributed by atoms with van der Waals surface area (Å²) < 4.78 is 11.1. The first-order chi connectivity index (χ1) is 16.9. The van der Waals surface area contributed by atoms with E-state index in [0.29, 0.717) is 23.2 Å². The summed E-state index contributed by atoms with van der Waals surface area (Å²) in [4.78, 5) is 15.2. The third-order valence-corrected chi connectivity index (χ3v) is 6.53. The van der Waals surface area contributed by atoms with Crippen LogP contribution in [0.2, 0.25) is 0 Å². The van der Waals surface area contributed by atoms with Crippen molar-refractivity contribution in [1.29, 1.82) is 0 Å². The molecule has 2 aromatic carbocycles. The van der Waals surface area contributed by atoms with Gasteiger partial charge < -0.3 is 24.8 Å². The van der Waals surface area contributed by atoms with Crippen molar-refractivity contribution in [3.8, 4) is 33.9 Å². The minimum absolute atomic E-state index is 0.0260. The fourth-order valence-electron chi connectivity index (χ4n) is 4.33. The summed E-state index contributed by atoms with van der Waals surface area (Å²) in [5.74, 6) is -0.107. The largest absolute Gasteiger partial charge is 0.508 e. The zero-order valence-electron chi connectivity index (χ0n) is 20.5. The Morgan fingerprint density at radius 1 is 1.11 bits per heavy atom. The van der Waals surface area contributed by atoms with Gasteiger partial charge in [0.25, 0.3) is 5.91 Å². The number of phenols is 2. The molecule has 3 aromatic rings. The van der Waals surface area contributed by atoms with E-state index in [2.05, 4.69) is 15.4 Å². The second kappa shape index (κ2) is 10.9. The topological polar surface area (TPSA) is 108 Å². The Hall–Kier alpha value is -3.36. The van der Waals surface area contributed by atoms with Crippen LogP contribution in [-0.4, -0.2) is 59.0 Å². The predicted octanol–water partition coefficient (Wildman–Crippen LogP) is 4.52. The minimum atomic E-state index is -0.352. The quantitative estimate of drug-likeness (QED) is 0.436. The first-order valence-electron chi connectivity index (χ1n) is 12.2. The molecule has 1 atom stereocenters. The van der Waals surface area contributed by atoms with Gasteiger partial charge in [0.05, 0.1) is 24.3 Å². The molecule has 1 aromatic heterocycles. The van der Waals surface area contributed by atoms with E-state index in [-0.39, 0.29) is 34.8 Å². The minimum Gasteiger partial charge on any atom is -0.508 e. The van der Waals surface area contributed by atoms with Gasteiger partial charge in [-0.05, 0) is 42.0 Å². The highest BCUT2D eigenvalue weighted by Crippen LogP contribution is 2.43. The van der Waals surface area contributed by atoms with E-state index in [9.17, 15) is 15.0 Å². The fraction of sp³-hybridized carbons (Fsp3) is 0.407. The number of hydrogen-bond acceptors (Lipinski definition) is 7. The highest BCUT2D eigenvalue weighted by atomic mass is 16.5. The number of nitrogens with zero attached hydrogens (tertiary/aromatic N) is 2. The molecule has 0 aliphatic carbocycles. The Morgan fingerprint density at radius 2 is 1.83 bits per heavy atom. The molecule has 8 heteroatoms. The van der Waals surface area contributed by atoms with Crippen molar-refractivity contribution in [1.82, 2.24) is 15.4 Å². The number of nitrogens with one attached hydrogen (secondary N) is 1. The monoisotopic (exact) mass is 479 g/mol. The van der Waals surface area contributed by atoms with Crippen molar-refractivity contribution in [2.45, 2.75) is 39.7 Å². The highest BCUT2D eigenvalue weighted by Gasteiger charge is 2.27. The van der Waals surface area contributed by atoms with Crippen LogP contribution in [0.3, 0.4) is 0 Å². The highest BCUT2D eigenvalue weighted by molar-refractivity contribution is 6.02. The summed E-state index contributed by atoms with van der Waals surface area (Å²) in [6.07, 6.45) is 0.815. The molecule has 35 heavy (non-hydrogen) atoms. The van der Waals surface area contributed by atoms with Crippen molar-refractivity contribution in [3.63, 3.8) is 0 Å². The van der Waals surface area contributed by atoms with Gasteiger partial charge >= 0.3 is 0 Å². The van der Waals surface area contributed by atoms with Gasteiger partial charge in [0.2, 0.25) is 0 Å². The first kappa shape index (κ1) is 24.8. The molecular weight excluding hydrogens is 446 g/mol. The molecule has 1 aliphatic rings. The maximum atomic E-state index is 12.8. The molecule has 1 amide bonds. The normalized spacial score (nSPS) is 15.2. The molecule has 8 nitrogen and oxygen atoms in total. The van der Waals surface area contributed by atoms with Crippen LogP contribution in [0.5, 0.6) is 11.5 Å². The number of aromatic hydroxyl groups is 2. The van der Waals surface area contributed by atoms with E-state index in [1.165, 1.54) is 6.07 Å². The summed E-state index contributed by atoms with van der Waals surface area (Å²) in [6.45, 7) is 10.4. The number of carbonyl (C=O) groups excluding carboxylic acids is 1. The molecule has 1 unspecified atom stereocenters. The maximum absolute atomic E-state index is 12.8. The lowest BCUT2D eigenvalue weighted by Gasteiger charge is -2.26. The molecule has 0 spiro atoms. The molecule has 0 saturated carbocycles. The number of aromatic nitrogens is 1. The molecule has 2 heterocycles. The number of rotatable bonds is 8. The Balaban J connectivity index is 1.76. The summed E-state index contributed by atoms with van der Waals surface area (Å²) >= 11 is 0. The van der Waals surface area contributed by atoms with E-state index in [4.69, 9.17) is 9.26 Å². The van der Waals surface area contributed by atoms with Crippen LogP contribution in [0.15, 0.2) is 40.9 Å². The zero-order chi connectivity index (χ0) is 24.9. The third-order valence-electron chi connectivity index (χ3n) is 6.53. The van der Waals surface area contributed by atoms with Gasteiger partial charge in [-0.25, -0.2) is 0 Å². The van der Waals surface area contributed by atoms with E-state index >= 15 is 0 Å². The third kappa shape index (κ3) is 5.33. The maximum Gasteiger partial charge on any atom is 0.274 e. The van der Waals surface area contributed by atoms with E-state index in [0.717, 1.165) is 50.4 Å². The van der Waals surface area contributed by atoms with Gasteiger partial charge in [-0.2, -0.15) is 0 Å².